The SMILES string of the molecule is C[C@@H]([C@H](O)c1ccccc1)N(CCc1ccc(-c2ccc(C(=O)NS(C)(=O)=O)c(OCC(F)(F)F)c2)cc1)C(=O)OC(C)(C)C. The van der Waals surface area contributed by atoms with E-state index < -0.39 is 58.3 Å². The Morgan fingerprint density at radius 3 is 2.11 bits per heavy atom. The van der Waals surface area contributed by atoms with Gasteiger partial charge in [0.2, 0.25) is 10.0 Å². The van der Waals surface area contributed by atoms with Crippen LogP contribution in [0.5, 0.6) is 5.75 Å². The largest absolute Gasteiger partial charge is 0.483 e. The van der Waals surface area contributed by atoms with Crippen molar-refractivity contribution in [1.82, 2.24) is 9.62 Å². The highest BCUT2D eigenvalue weighted by Crippen LogP contribution is 2.30. The quantitative estimate of drug-likeness (QED) is 0.266. The summed E-state index contributed by atoms with van der Waals surface area (Å²) in [5, 5.41) is 11.0. The standard InChI is InChI=1S/C32H37F3N2O7S/c1-21(28(38)24-9-7-6-8-10-24)37(30(40)44-31(2,3)4)18-17-22-11-13-23(14-12-22)25-15-16-26(29(39)36-45(5,41)42)27(19-25)43-20-32(33,34)35/h6-16,19,21,28,38H,17-18,20H2,1-5H3,(H,36,39)/t21-,28-/m0/s1. The molecule has 0 radical (unpaired) electrons. The average Bonchev–Trinajstić information content (AvgIpc) is 2.94. The molecule has 0 aliphatic rings. The second kappa shape index (κ2) is 14.3. The summed E-state index contributed by atoms with van der Waals surface area (Å²) in [6.45, 7) is 5.54. The van der Waals surface area contributed by atoms with E-state index in [9.17, 15) is 36.3 Å². The van der Waals surface area contributed by atoms with Crippen LogP contribution in [0.3, 0.4) is 0 Å². The molecule has 0 aliphatic carbocycles. The monoisotopic (exact) mass is 650 g/mol. The molecule has 2 N–H and O–H groups in total. The second-order valence-electron chi connectivity index (χ2n) is 11.5. The minimum atomic E-state index is -4.69. The lowest BCUT2D eigenvalue weighted by molar-refractivity contribution is -0.153. The van der Waals surface area contributed by atoms with Gasteiger partial charge in [0.1, 0.15) is 11.4 Å². The summed E-state index contributed by atoms with van der Waals surface area (Å²) in [5.41, 5.74) is 1.36. The van der Waals surface area contributed by atoms with Gasteiger partial charge in [-0.15, -0.1) is 0 Å². The van der Waals surface area contributed by atoms with Gasteiger partial charge in [-0.05, 0) is 68.5 Å². The first-order valence-corrected chi connectivity index (χ1v) is 15.9. The maximum absolute atomic E-state index is 13.1. The number of amides is 2. The van der Waals surface area contributed by atoms with E-state index in [-0.39, 0.29) is 12.1 Å². The molecule has 0 aromatic heterocycles. The molecule has 0 spiro atoms. The number of hydrogen-bond acceptors (Lipinski definition) is 7. The lowest BCUT2D eigenvalue weighted by atomic mass is 10.00. The van der Waals surface area contributed by atoms with Crippen LogP contribution in [-0.4, -0.2) is 67.7 Å². The Kier molecular flexibility index (Phi) is 11.3. The van der Waals surface area contributed by atoms with Gasteiger partial charge in [-0.3, -0.25) is 4.79 Å². The van der Waals surface area contributed by atoms with Crippen molar-refractivity contribution in [1.29, 1.82) is 0 Å². The van der Waals surface area contributed by atoms with Gasteiger partial charge >= 0.3 is 12.3 Å². The van der Waals surface area contributed by atoms with Gasteiger partial charge < -0.3 is 19.5 Å². The number of halogens is 3. The molecule has 9 nitrogen and oxygen atoms in total. The van der Waals surface area contributed by atoms with E-state index in [2.05, 4.69) is 0 Å². The first kappa shape index (κ1) is 35.4. The van der Waals surface area contributed by atoms with Crippen LogP contribution in [0.4, 0.5) is 18.0 Å². The predicted octanol–water partition coefficient (Wildman–Crippen LogP) is 5.89. The van der Waals surface area contributed by atoms with Crippen molar-refractivity contribution < 1.29 is 45.8 Å². The molecule has 0 heterocycles. The Hall–Kier alpha value is -4.10. The number of alkyl halides is 3. The fourth-order valence-electron chi connectivity index (χ4n) is 4.39. The molecule has 0 saturated heterocycles. The van der Waals surface area contributed by atoms with Crippen LogP contribution in [0.1, 0.15) is 55.3 Å². The van der Waals surface area contributed by atoms with Gasteiger partial charge in [-0.25, -0.2) is 17.9 Å². The van der Waals surface area contributed by atoms with Gasteiger partial charge in [-0.2, -0.15) is 13.2 Å². The Labute approximate surface area is 261 Å². The maximum Gasteiger partial charge on any atom is 0.422 e. The number of rotatable bonds is 11. The first-order chi connectivity index (χ1) is 20.8. The molecule has 0 unspecified atom stereocenters. The van der Waals surface area contributed by atoms with Crippen molar-refractivity contribution in [3.05, 3.63) is 89.5 Å². The van der Waals surface area contributed by atoms with Crippen LogP contribution in [0, 0.1) is 0 Å². The third-order valence-corrected chi connectivity index (χ3v) is 7.10. The molecule has 0 saturated carbocycles. The molecule has 244 valence electrons. The Morgan fingerprint density at radius 1 is 0.956 bits per heavy atom. The van der Waals surface area contributed by atoms with E-state index in [4.69, 9.17) is 9.47 Å². The Morgan fingerprint density at radius 2 is 1.56 bits per heavy atom. The number of nitrogens with zero attached hydrogens (tertiary/aromatic N) is 1. The molecule has 0 fully saturated rings. The highest BCUT2D eigenvalue weighted by atomic mass is 32.2. The molecule has 0 aliphatic heterocycles. The van der Waals surface area contributed by atoms with E-state index >= 15 is 0 Å². The number of sulfonamides is 1. The molecule has 2 amide bonds. The number of nitrogens with one attached hydrogen (secondary N) is 1. The van der Waals surface area contributed by atoms with Crippen molar-refractivity contribution in [3.8, 4) is 16.9 Å². The van der Waals surface area contributed by atoms with Gasteiger partial charge in [0, 0.05) is 6.54 Å². The van der Waals surface area contributed by atoms with E-state index in [1.165, 1.54) is 23.1 Å². The number of benzene rings is 3. The molecule has 2 atom stereocenters. The summed E-state index contributed by atoms with van der Waals surface area (Å²) in [5.74, 6) is -1.56. The Bertz CT molecular complexity index is 1570. The smallest absolute Gasteiger partial charge is 0.422 e. The number of hydrogen-bond donors (Lipinski definition) is 2. The summed E-state index contributed by atoms with van der Waals surface area (Å²) < 4.78 is 73.9. The first-order valence-electron chi connectivity index (χ1n) is 14.0. The number of carbonyl (C=O) groups is 2. The third-order valence-electron chi connectivity index (χ3n) is 6.54. The van der Waals surface area contributed by atoms with Crippen LogP contribution in [0.25, 0.3) is 11.1 Å². The molecule has 3 aromatic carbocycles. The summed E-state index contributed by atoms with van der Waals surface area (Å²) in [6, 6.07) is 19.2. The molecule has 13 heteroatoms. The van der Waals surface area contributed by atoms with Gasteiger partial charge in [0.05, 0.1) is 24.0 Å². The maximum atomic E-state index is 13.1. The molecule has 3 rings (SSSR count). The van der Waals surface area contributed by atoms with Crippen molar-refractivity contribution in [2.75, 3.05) is 19.4 Å². The van der Waals surface area contributed by atoms with Crippen LogP contribution < -0.4 is 9.46 Å². The fourth-order valence-corrected chi connectivity index (χ4v) is 4.83. The highest BCUT2D eigenvalue weighted by Gasteiger charge is 2.31. The van der Waals surface area contributed by atoms with Crippen molar-refractivity contribution in [2.45, 2.75) is 58.0 Å². The summed E-state index contributed by atoms with van der Waals surface area (Å²) >= 11 is 0. The fraction of sp³-hybridized carbons (Fsp3) is 0.375. The van der Waals surface area contributed by atoms with Crippen molar-refractivity contribution >= 4 is 22.0 Å². The third kappa shape index (κ3) is 11.1. The zero-order valence-electron chi connectivity index (χ0n) is 25.6. The number of aliphatic hydroxyl groups is 1. The van der Waals surface area contributed by atoms with E-state index in [0.717, 1.165) is 11.8 Å². The normalized spacial score (nSPS) is 13.4. The molecular weight excluding hydrogens is 613 g/mol. The lowest BCUT2D eigenvalue weighted by Gasteiger charge is -2.34. The zero-order chi connectivity index (χ0) is 33.6. The van der Waals surface area contributed by atoms with E-state index in [0.29, 0.717) is 23.1 Å². The average molecular weight is 651 g/mol. The minimum Gasteiger partial charge on any atom is -0.483 e. The summed E-state index contributed by atoms with van der Waals surface area (Å²) in [6.07, 6.45) is -5.08. The minimum absolute atomic E-state index is 0.221. The number of carbonyl (C=O) groups excluding carboxylic acids is 2. The van der Waals surface area contributed by atoms with Crippen molar-refractivity contribution in [3.63, 3.8) is 0 Å². The van der Waals surface area contributed by atoms with E-state index in [1.807, 2.05) is 6.07 Å². The molecular formula is C32H37F3N2O7S. The number of ether oxygens (including phenoxy) is 2. The lowest BCUT2D eigenvalue weighted by Crippen LogP contribution is -2.45. The van der Waals surface area contributed by atoms with Crippen LogP contribution in [-0.2, 0) is 21.2 Å². The highest BCUT2D eigenvalue weighted by molar-refractivity contribution is 7.89. The zero-order valence-corrected chi connectivity index (χ0v) is 26.4. The number of aliphatic hydroxyl groups excluding tert-OH is 1. The summed E-state index contributed by atoms with van der Waals surface area (Å²) in [4.78, 5) is 27.0. The topological polar surface area (TPSA) is 122 Å². The molecule has 0 bridgehead atoms. The van der Waals surface area contributed by atoms with E-state index in [1.54, 1.807) is 80.9 Å². The van der Waals surface area contributed by atoms with Crippen molar-refractivity contribution in [2.24, 2.45) is 0 Å². The van der Waals surface area contributed by atoms with Gasteiger partial charge in [-0.1, -0.05) is 60.7 Å². The van der Waals surface area contributed by atoms with Gasteiger partial charge in [0.25, 0.3) is 5.91 Å². The van der Waals surface area contributed by atoms with Crippen LogP contribution in [0.2, 0.25) is 0 Å². The van der Waals surface area contributed by atoms with Gasteiger partial charge in [0.15, 0.2) is 6.61 Å². The molecule has 45 heavy (non-hydrogen) atoms. The molecule has 3 aromatic rings. The summed E-state index contributed by atoms with van der Waals surface area (Å²) in [7, 11) is -3.97. The van der Waals surface area contributed by atoms with Crippen LogP contribution in [0.15, 0.2) is 72.8 Å². The van der Waals surface area contributed by atoms with Crippen LogP contribution >= 0.6 is 0 Å². The Balaban J connectivity index is 1.82. The predicted molar refractivity (Wildman–Crippen MR) is 163 cm³/mol. The second-order valence-corrected chi connectivity index (χ2v) is 13.3.